The second kappa shape index (κ2) is 8.95. The van der Waals surface area contributed by atoms with Gasteiger partial charge in [0.05, 0.1) is 0 Å². The fraction of sp³-hybridized carbons (Fsp3) is 0.857. The van der Waals surface area contributed by atoms with Gasteiger partial charge in [-0.25, -0.2) is 0 Å². The summed E-state index contributed by atoms with van der Waals surface area (Å²) < 4.78 is 5.20. The quantitative estimate of drug-likeness (QED) is 0.469. The monoisotopic (exact) mass is 257 g/mol. The van der Waals surface area contributed by atoms with Gasteiger partial charge in [0, 0.05) is 12.4 Å². The normalized spacial score (nSPS) is 11.3. The van der Waals surface area contributed by atoms with Gasteiger partial charge in [-0.15, -0.1) is 0 Å². The van der Waals surface area contributed by atoms with Gasteiger partial charge in [0.25, 0.3) is 0 Å². The van der Waals surface area contributed by atoms with Crippen molar-refractivity contribution in [3.63, 3.8) is 0 Å². The Morgan fingerprint density at radius 1 is 0.889 bits per heavy atom. The summed E-state index contributed by atoms with van der Waals surface area (Å²) in [7, 11) is 0. The number of esters is 1. The van der Waals surface area contributed by atoms with Gasteiger partial charge in [-0.3, -0.25) is 4.79 Å². The van der Waals surface area contributed by atoms with Crippen LogP contribution in [0.3, 0.4) is 0 Å². The summed E-state index contributed by atoms with van der Waals surface area (Å²) in [5.74, 6) is -1.11. The summed E-state index contributed by atoms with van der Waals surface area (Å²) in [6.07, 6.45) is 6.11. The summed E-state index contributed by atoms with van der Waals surface area (Å²) >= 11 is 0. The van der Waals surface area contributed by atoms with Gasteiger partial charge in [0.1, 0.15) is 5.60 Å². The van der Waals surface area contributed by atoms with Crippen LogP contribution in [-0.4, -0.2) is 17.5 Å². The minimum absolute atomic E-state index is 0.139. The van der Waals surface area contributed by atoms with Crippen LogP contribution in [0.4, 0.5) is 0 Å². The van der Waals surface area contributed by atoms with E-state index in [-0.39, 0.29) is 12.4 Å². The van der Waals surface area contributed by atoms with Gasteiger partial charge in [-0.2, -0.15) is 0 Å². The molecule has 0 saturated heterocycles. The van der Waals surface area contributed by atoms with Crippen molar-refractivity contribution < 1.29 is 19.4 Å². The van der Waals surface area contributed by atoms with E-state index in [0.717, 1.165) is 32.1 Å². The lowest BCUT2D eigenvalue weighted by molar-refractivity contribution is -0.305. The Morgan fingerprint density at radius 3 is 1.78 bits per heavy atom. The minimum atomic E-state index is -0.972. The lowest BCUT2D eigenvalue weighted by Gasteiger charge is -2.19. The molecule has 0 aromatic carbocycles. The molecule has 4 nitrogen and oxygen atoms in total. The van der Waals surface area contributed by atoms with Crippen molar-refractivity contribution in [3.05, 3.63) is 0 Å². The standard InChI is InChI=1S/C14H26O4/c1-14(2,3)18-13(17)11-9-7-5-4-6-8-10-12(15)16/h4-11H2,1-3H3,(H,15,16)/p-1. The molecule has 0 aliphatic heterocycles. The average Bonchev–Trinajstić information content (AvgIpc) is 2.18. The highest BCUT2D eigenvalue weighted by Crippen LogP contribution is 2.12. The summed E-state index contributed by atoms with van der Waals surface area (Å²) in [6.45, 7) is 5.59. The molecule has 0 amide bonds. The molecule has 0 fully saturated rings. The van der Waals surface area contributed by atoms with Crippen molar-refractivity contribution in [1.29, 1.82) is 0 Å². The number of ether oxygens (including phenoxy) is 1. The largest absolute Gasteiger partial charge is 0.550 e. The maximum Gasteiger partial charge on any atom is 0.306 e. The highest BCUT2D eigenvalue weighted by atomic mass is 16.6. The molecule has 0 aromatic heterocycles. The molecular weight excluding hydrogens is 232 g/mol. The zero-order chi connectivity index (χ0) is 14.0. The van der Waals surface area contributed by atoms with Crippen molar-refractivity contribution in [3.8, 4) is 0 Å². The molecule has 0 rings (SSSR count). The van der Waals surface area contributed by atoms with Crippen molar-refractivity contribution in [2.45, 2.75) is 77.7 Å². The van der Waals surface area contributed by atoms with Crippen LogP contribution in [0.5, 0.6) is 0 Å². The number of aliphatic carboxylic acids is 1. The lowest BCUT2D eigenvalue weighted by Crippen LogP contribution is -2.23. The fourth-order valence-corrected chi connectivity index (χ4v) is 1.64. The van der Waals surface area contributed by atoms with E-state index in [1.165, 1.54) is 0 Å². The second-order valence-electron chi connectivity index (χ2n) is 5.58. The molecule has 0 atom stereocenters. The third-order valence-electron chi connectivity index (χ3n) is 2.43. The first kappa shape index (κ1) is 16.9. The van der Waals surface area contributed by atoms with Crippen molar-refractivity contribution in [1.82, 2.24) is 0 Å². The number of carbonyl (C=O) groups is 2. The van der Waals surface area contributed by atoms with Crippen LogP contribution < -0.4 is 5.11 Å². The number of carbonyl (C=O) groups excluding carboxylic acids is 2. The third kappa shape index (κ3) is 13.0. The molecule has 106 valence electrons. The Kier molecular flexibility index (Phi) is 8.42. The number of carboxylic acid groups (broad SMARTS) is 1. The first-order valence-electron chi connectivity index (χ1n) is 6.73. The van der Waals surface area contributed by atoms with Crippen LogP contribution in [0.1, 0.15) is 72.1 Å². The zero-order valence-corrected chi connectivity index (χ0v) is 11.8. The van der Waals surface area contributed by atoms with Crippen LogP contribution >= 0.6 is 0 Å². The van der Waals surface area contributed by atoms with Crippen LogP contribution in [0.15, 0.2) is 0 Å². The molecule has 0 heterocycles. The molecule has 0 aromatic rings. The maximum absolute atomic E-state index is 11.4. The van der Waals surface area contributed by atoms with Gasteiger partial charge in [-0.05, 0) is 40.0 Å². The smallest absolute Gasteiger partial charge is 0.306 e. The molecular formula is C14H25O4-. The second-order valence-corrected chi connectivity index (χ2v) is 5.58. The number of hydrogen-bond acceptors (Lipinski definition) is 4. The average molecular weight is 257 g/mol. The molecule has 0 bridgehead atoms. The van der Waals surface area contributed by atoms with E-state index < -0.39 is 11.6 Å². The Balaban J connectivity index is 3.30. The summed E-state index contributed by atoms with van der Waals surface area (Å²) in [5.41, 5.74) is -0.401. The fourth-order valence-electron chi connectivity index (χ4n) is 1.64. The molecule has 4 heteroatoms. The van der Waals surface area contributed by atoms with E-state index >= 15 is 0 Å². The molecule has 0 aliphatic carbocycles. The molecule has 0 saturated carbocycles. The van der Waals surface area contributed by atoms with Crippen LogP contribution in [0.25, 0.3) is 0 Å². The highest BCUT2D eigenvalue weighted by molar-refractivity contribution is 5.69. The van der Waals surface area contributed by atoms with Gasteiger partial charge in [0.15, 0.2) is 0 Å². The first-order chi connectivity index (χ1) is 8.31. The third-order valence-corrected chi connectivity index (χ3v) is 2.43. The van der Waals surface area contributed by atoms with E-state index in [1.54, 1.807) is 0 Å². The van der Waals surface area contributed by atoms with Crippen LogP contribution in [0.2, 0.25) is 0 Å². The van der Waals surface area contributed by atoms with E-state index in [0.29, 0.717) is 12.8 Å². The highest BCUT2D eigenvalue weighted by Gasteiger charge is 2.15. The summed E-state index contributed by atoms with van der Waals surface area (Å²) in [6, 6.07) is 0. The van der Waals surface area contributed by atoms with Gasteiger partial charge in [-0.1, -0.05) is 25.7 Å². The predicted octanol–water partition coefficient (Wildman–Crippen LogP) is 2.20. The molecule has 0 aliphatic rings. The molecule has 0 spiro atoms. The molecule has 0 radical (unpaired) electrons. The predicted molar refractivity (Wildman–Crippen MR) is 67.8 cm³/mol. The minimum Gasteiger partial charge on any atom is -0.550 e. The lowest BCUT2D eigenvalue weighted by atomic mass is 10.1. The maximum atomic E-state index is 11.4. The Bertz CT molecular complexity index is 253. The molecule has 0 N–H and O–H groups in total. The Labute approximate surface area is 110 Å². The van der Waals surface area contributed by atoms with Gasteiger partial charge >= 0.3 is 5.97 Å². The SMILES string of the molecule is CC(C)(C)OC(=O)CCCCCCCCC(=O)[O-]. The van der Waals surface area contributed by atoms with Crippen LogP contribution in [-0.2, 0) is 14.3 Å². The summed E-state index contributed by atoms with van der Waals surface area (Å²) in [5, 5.41) is 10.2. The van der Waals surface area contributed by atoms with E-state index in [4.69, 9.17) is 4.74 Å². The van der Waals surface area contributed by atoms with Gasteiger partial charge in [0.2, 0.25) is 0 Å². The number of carboxylic acids is 1. The van der Waals surface area contributed by atoms with Crippen molar-refractivity contribution in [2.75, 3.05) is 0 Å². The Hall–Kier alpha value is -1.06. The van der Waals surface area contributed by atoms with Crippen LogP contribution in [0, 0.1) is 0 Å². The number of rotatable bonds is 9. The molecule has 18 heavy (non-hydrogen) atoms. The molecule has 0 unspecified atom stereocenters. The Morgan fingerprint density at radius 2 is 1.33 bits per heavy atom. The zero-order valence-electron chi connectivity index (χ0n) is 11.8. The van der Waals surface area contributed by atoms with Crippen molar-refractivity contribution >= 4 is 11.9 Å². The number of hydrogen-bond donors (Lipinski definition) is 0. The van der Waals surface area contributed by atoms with Crippen molar-refractivity contribution in [2.24, 2.45) is 0 Å². The van der Waals surface area contributed by atoms with E-state index in [9.17, 15) is 14.7 Å². The van der Waals surface area contributed by atoms with Gasteiger partial charge < -0.3 is 14.6 Å². The summed E-state index contributed by atoms with van der Waals surface area (Å²) in [4.78, 5) is 21.5. The van der Waals surface area contributed by atoms with E-state index in [2.05, 4.69) is 0 Å². The number of unbranched alkanes of at least 4 members (excludes halogenated alkanes) is 5. The topological polar surface area (TPSA) is 66.4 Å². The van der Waals surface area contributed by atoms with E-state index in [1.807, 2.05) is 20.8 Å². The first-order valence-corrected chi connectivity index (χ1v) is 6.73.